The van der Waals surface area contributed by atoms with E-state index in [1.807, 2.05) is 18.4 Å². The van der Waals surface area contributed by atoms with Gasteiger partial charge in [-0.05, 0) is 39.0 Å². The van der Waals surface area contributed by atoms with Crippen LogP contribution in [0.3, 0.4) is 0 Å². The number of sulfonamides is 1. The molecule has 1 heterocycles. The number of aromatic nitrogens is 2. The molecule has 1 amide bonds. The van der Waals surface area contributed by atoms with Crippen LogP contribution >= 0.6 is 23.4 Å². The number of amides is 1. The molecule has 2 rings (SSSR count). The molecule has 30 heavy (non-hydrogen) atoms. The minimum Gasteiger partial charge on any atom is -0.383 e. The van der Waals surface area contributed by atoms with Gasteiger partial charge in [0, 0.05) is 39.1 Å². The molecule has 2 aromatic rings. The average molecular weight is 475 g/mol. The molecular formula is C19H27ClN4O4S2. The smallest absolute Gasteiger partial charge is 0.244 e. The standard InChI is InChI=1S/C19H27ClN4O4S2/c1-12-13(2)24(9-10-28-6)19(21-12)29-14(3)18(25)22-15-7-8-16(20)17(11-15)30(26,27)23(4)5/h7-8,11,14H,9-10H2,1-6H3,(H,22,25). The van der Waals surface area contributed by atoms with E-state index >= 15 is 0 Å². The van der Waals surface area contributed by atoms with Gasteiger partial charge in [0.1, 0.15) is 4.90 Å². The number of rotatable bonds is 9. The van der Waals surface area contributed by atoms with E-state index in [0.29, 0.717) is 18.8 Å². The molecule has 0 radical (unpaired) electrons. The first-order valence-corrected chi connectivity index (χ1v) is 11.9. The first-order valence-electron chi connectivity index (χ1n) is 9.21. The van der Waals surface area contributed by atoms with E-state index in [1.165, 1.54) is 38.0 Å². The molecule has 0 aliphatic rings. The predicted octanol–water partition coefficient (Wildman–Crippen LogP) is 3.17. The predicted molar refractivity (Wildman–Crippen MR) is 120 cm³/mol. The molecule has 0 aliphatic heterocycles. The van der Waals surface area contributed by atoms with Crippen LogP contribution in [0.4, 0.5) is 5.69 Å². The molecule has 0 saturated carbocycles. The van der Waals surface area contributed by atoms with Crippen molar-refractivity contribution in [1.82, 2.24) is 13.9 Å². The summed E-state index contributed by atoms with van der Waals surface area (Å²) in [5.74, 6) is -0.271. The monoisotopic (exact) mass is 474 g/mol. The Morgan fingerprint density at radius 1 is 1.37 bits per heavy atom. The summed E-state index contributed by atoms with van der Waals surface area (Å²) < 4.78 is 33.1. The van der Waals surface area contributed by atoms with E-state index in [-0.39, 0.29) is 15.8 Å². The Morgan fingerprint density at radius 3 is 2.63 bits per heavy atom. The highest BCUT2D eigenvalue weighted by molar-refractivity contribution is 8.00. The van der Waals surface area contributed by atoms with Crippen LogP contribution in [0.25, 0.3) is 0 Å². The summed E-state index contributed by atoms with van der Waals surface area (Å²) in [4.78, 5) is 17.2. The zero-order valence-electron chi connectivity index (χ0n) is 17.9. The van der Waals surface area contributed by atoms with Crippen LogP contribution < -0.4 is 5.32 Å². The topological polar surface area (TPSA) is 93.5 Å². The highest BCUT2D eigenvalue weighted by Crippen LogP contribution is 2.29. The first kappa shape index (κ1) is 24.7. The van der Waals surface area contributed by atoms with Crippen molar-refractivity contribution in [2.45, 2.75) is 42.6 Å². The molecule has 1 unspecified atom stereocenters. The highest BCUT2D eigenvalue weighted by atomic mass is 35.5. The quantitative estimate of drug-likeness (QED) is 0.561. The lowest BCUT2D eigenvalue weighted by atomic mass is 10.3. The summed E-state index contributed by atoms with van der Waals surface area (Å²) >= 11 is 7.40. The Hall–Kier alpha value is -1.59. The number of thioether (sulfide) groups is 1. The molecule has 11 heteroatoms. The maximum absolute atomic E-state index is 12.7. The van der Waals surface area contributed by atoms with Crippen molar-refractivity contribution in [3.05, 3.63) is 34.6 Å². The number of imidazole rings is 1. The van der Waals surface area contributed by atoms with Gasteiger partial charge in [0.25, 0.3) is 0 Å². The van der Waals surface area contributed by atoms with Crippen molar-refractivity contribution in [3.63, 3.8) is 0 Å². The lowest BCUT2D eigenvalue weighted by Crippen LogP contribution is -2.24. The van der Waals surface area contributed by atoms with Gasteiger partial charge in [0.05, 0.1) is 22.6 Å². The van der Waals surface area contributed by atoms with Gasteiger partial charge in [0.2, 0.25) is 15.9 Å². The van der Waals surface area contributed by atoms with Crippen LogP contribution in [-0.2, 0) is 26.1 Å². The molecule has 166 valence electrons. The second kappa shape index (κ2) is 10.1. The number of nitrogens with zero attached hydrogens (tertiary/aromatic N) is 3. The van der Waals surface area contributed by atoms with E-state index in [1.54, 1.807) is 20.1 Å². The van der Waals surface area contributed by atoms with Crippen LogP contribution in [0.1, 0.15) is 18.3 Å². The van der Waals surface area contributed by atoms with E-state index in [4.69, 9.17) is 16.3 Å². The van der Waals surface area contributed by atoms with Crippen LogP contribution in [-0.4, -0.2) is 61.2 Å². The number of methoxy groups -OCH3 is 1. The van der Waals surface area contributed by atoms with Gasteiger partial charge in [-0.1, -0.05) is 23.4 Å². The molecule has 0 fully saturated rings. The van der Waals surface area contributed by atoms with Gasteiger partial charge in [0.15, 0.2) is 5.16 Å². The number of hydrogen-bond acceptors (Lipinski definition) is 6. The van der Waals surface area contributed by atoms with Crippen molar-refractivity contribution in [1.29, 1.82) is 0 Å². The Bertz CT molecular complexity index is 1020. The van der Waals surface area contributed by atoms with Crippen molar-refractivity contribution >= 4 is 45.0 Å². The normalized spacial score (nSPS) is 12.9. The average Bonchev–Trinajstić information content (AvgIpc) is 2.94. The number of halogens is 1. The summed E-state index contributed by atoms with van der Waals surface area (Å²) in [6, 6.07) is 4.39. The van der Waals surface area contributed by atoms with Crippen LogP contribution in [0.5, 0.6) is 0 Å². The number of nitrogens with one attached hydrogen (secondary N) is 1. The molecule has 8 nitrogen and oxygen atoms in total. The van der Waals surface area contributed by atoms with Crippen LogP contribution in [0.2, 0.25) is 5.02 Å². The molecular weight excluding hydrogens is 448 g/mol. The van der Waals surface area contributed by atoms with Crippen LogP contribution in [0.15, 0.2) is 28.3 Å². The third kappa shape index (κ3) is 5.55. The third-order valence-corrected chi connectivity index (χ3v) is 7.94. The Kier molecular flexibility index (Phi) is 8.35. The summed E-state index contributed by atoms with van der Waals surface area (Å²) in [6.07, 6.45) is 0. The Morgan fingerprint density at radius 2 is 2.03 bits per heavy atom. The van der Waals surface area contributed by atoms with Gasteiger partial charge in [-0.15, -0.1) is 0 Å². The summed E-state index contributed by atoms with van der Waals surface area (Å²) in [5, 5.41) is 3.13. The lowest BCUT2D eigenvalue weighted by molar-refractivity contribution is -0.115. The summed E-state index contributed by atoms with van der Waals surface area (Å²) in [5.41, 5.74) is 2.28. The van der Waals surface area contributed by atoms with Crippen molar-refractivity contribution in [3.8, 4) is 0 Å². The Balaban J connectivity index is 2.19. The van der Waals surface area contributed by atoms with E-state index in [0.717, 1.165) is 20.8 Å². The van der Waals surface area contributed by atoms with E-state index in [2.05, 4.69) is 10.3 Å². The first-order chi connectivity index (χ1) is 14.0. The minimum absolute atomic E-state index is 0.0615. The fraction of sp³-hybridized carbons (Fsp3) is 0.474. The largest absolute Gasteiger partial charge is 0.383 e. The molecule has 0 bridgehead atoms. The molecule has 1 aromatic heterocycles. The number of aryl methyl sites for hydroxylation is 1. The zero-order valence-corrected chi connectivity index (χ0v) is 20.3. The molecule has 0 aliphatic carbocycles. The van der Waals surface area contributed by atoms with Gasteiger partial charge in [-0.2, -0.15) is 0 Å². The fourth-order valence-corrected chi connectivity index (χ4v) is 5.01. The van der Waals surface area contributed by atoms with Gasteiger partial charge in [-0.25, -0.2) is 17.7 Å². The van der Waals surface area contributed by atoms with Crippen molar-refractivity contribution < 1.29 is 17.9 Å². The Labute approximate surface area is 187 Å². The van der Waals surface area contributed by atoms with Crippen molar-refractivity contribution in [2.24, 2.45) is 0 Å². The fourth-order valence-electron chi connectivity index (χ4n) is 2.59. The maximum atomic E-state index is 12.7. The lowest BCUT2D eigenvalue weighted by Gasteiger charge is -2.16. The molecule has 1 N–H and O–H groups in total. The van der Waals surface area contributed by atoms with Gasteiger partial charge in [-0.3, -0.25) is 4.79 Å². The number of carbonyl (C=O) groups excluding carboxylic acids is 1. The summed E-state index contributed by atoms with van der Waals surface area (Å²) in [6.45, 7) is 6.86. The number of hydrogen-bond donors (Lipinski definition) is 1. The SMILES string of the molecule is COCCn1c(SC(C)C(=O)Nc2ccc(Cl)c(S(=O)(=O)N(C)C)c2)nc(C)c1C. The van der Waals surface area contributed by atoms with E-state index < -0.39 is 15.3 Å². The minimum atomic E-state index is -3.73. The third-order valence-electron chi connectivity index (χ3n) is 4.55. The van der Waals surface area contributed by atoms with Gasteiger partial charge < -0.3 is 14.6 Å². The van der Waals surface area contributed by atoms with E-state index in [9.17, 15) is 13.2 Å². The molecule has 1 aromatic carbocycles. The number of carbonyl (C=O) groups is 1. The number of benzene rings is 1. The molecule has 0 spiro atoms. The summed E-state index contributed by atoms with van der Waals surface area (Å²) in [7, 11) is 0.750. The zero-order chi connectivity index (χ0) is 22.6. The number of ether oxygens (including phenoxy) is 1. The maximum Gasteiger partial charge on any atom is 0.244 e. The molecule has 1 atom stereocenters. The second-order valence-corrected chi connectivity index (χ2v) is 10.7. The molecule has 0 saturated heterocycles. The highest BCUT2D eigenvalue weighted by Gasteiger charge is 2.23. The van der Waals surface area contributed by atoms with Gasteiger partial charge >= 0.3 is 0 Å². The van der Waals surface area contributed by atoms with Crippen LogP contribution in [0, 0.1) is 13.8 Å². The van der Waals surface area contributed by atoms with Crippen molar-refractivity contribution in [2.75, 3.05) is 33.1 Å². The number of anilines is 1. The second-order valence-electron chi connectivity index (χ2n) is 6.89.